The molecular formula is C29H24FNO6. The summed E-state index contributed by atoms with van der Waals surface area (Å²) in [6.45, 7) is 6.17. The smallest absolute Gasteiger partial charge is 0.295 e. The van der Waals surface area contributed by atoms with Gasteiger partial charge in [-0.3, -0.25) is 14.5 Å². The molecule has 7 nitrogen and oxygen atoms in total. The van der Waals surface area contributed by atoms with Crippen molar-refractivity contribution in [1.29, 1.82) is 0 Å². The van der Waals surface area contributed by atoms with E-state index in [1.807, 2.05) is 6.92 Å². The van der Waals surface area contributed by atoms with Gasteiger partial charge in [0.15, 0.2) is 16.9 Å². The Bertz CT molecular complexity index is 1580. The van der Waals surface area contributed by atoms with Gasteiger partial charge in [-0.25, -0.2) is 4.39 Å². The maximum atomic E-state index is 14.1. The van der Waals surface area contributed by atoms with Crippen LogP contribution >= 0.6 is 0 Å². The van der Waals surface area contributed by atoms with E-state index in [1.165, 1.54) is 24.1 Å². The Morgan fingerprint density at radius 1 is 1.05 bits per heavy atom. The number of ether oxygens (including phenoxy) is 3. The summed E-state index contributed by atoms with van der Waals surface area (Å²) >= 11 is 0. The van der Waals surface area contributed by atoms with Gasteiger partial charge in [-0.05, 0) is 55.0 Å². The zero-order valence-corrected chi connectivity index (χ0v) is 20.3. The van der Waals surface area contributed by atoms with Crippen molar-refractivity contribution in [3.63, 3.8) is 0 Å². The molecule has 1 unspecified atom stereocenters. The number of halogens is 1. The number of anilines is 1. The summed E-state index contributed by atoms with van der Waals surface area (Å²) < 4.78 is 36.9. The van der Waals surface area contributed by atoms with Crippen LogP contribution in [-0.2, 0) is 0 Å². The van der Waals surface area contributed by atoms with E-state index in [0.717, 1.165) is 6.07 Å². The lowest BCUT2D eigenvalue weighted by molar-refractivity contribution is 0.0971. The highest BCUT2D eigenvalue weighted by molar-refractivity contribution is 6.10. The molecule has 1 amide bonds. The van der Waals surface area contributed by atoms with Crippen molar-refractivity contribution in [3.05, 3.63) is 106 Å². The zero-order chi connectivity index (χ0) is 26.1. The molecule has 0 N–H and O–H groups in total. The van der Waals surface area contributed by atoms with Gasteiger partial charge >= 0.3 is 0 Å². The standard InChI is InChI=1S/C29H24FNO6/c1-4-13-36-23-11-9-17(14-24(23)35-5-2)26-25-27(32)21-15-18(30)10-12-22(21)37-28(25)29(33)31(26)19-7-6-8-20(16-19)34-3/h4,6-12,14-16,26H,1,5,13H2,2-3H3. The Kier molecular flexibility index (Phi) is 6.40. The molecule has 0 aliphatic carbocycles. The van der Waals surface area contributed by atoms with Gasteiger partial charge < -0.3 is 18.6 Å². The lowest BCUT2D eigenvalue weighted by Gasteiger charge is -2.26. The van der Waals surface area contributed by atoms with Gasteiger partial charge in [0.1, 0.15) is 23.8 Å². The average Bonchev–Trinajstić information content (AvgIpc) is 3.21. The molecule has 0 fully saturated rings. The fourth-order valence-corrected chi connectivity index (χ4v) is 4.52. The first-order valence-electron chi connectivity index (χ1n) is 11.7. The van der Waals surface area contributed by atoms with Crippen molar-refractivity contribution in [2.45, 2.75) is 13.0 Å². The first-order valence-corrected chi connectivity index (χ1v) is 11.7. The molecule has 1 aliphatic rings. The van der Waals surface area contributed by atoms with Gasteiger partial charge in [0.2, 0.25) is 5.76 Å². The first-order chi connectivity index (χ1) is 18.0. The van der Waals surface area contributed by atoms with Gasteiger partial charge in [-0.2, -0.15) is 0 Å². The molecule has 1 atom stereocenters. The minimum atomic E-state index is -0.869. The summed E-state index contributed by atoms with van der Waals surface area (Å²) in [5.41, 5.74) is 0.859. The molecule has 4 aromatic rings. The van der Waals surface area contributed by atoms with Crippen LogP contribution < -0.4 is 24.5 Å². The number of carbonyl (C=O) groups is 1. The van der Waals surface area contributed by atoms with Crippen LogP contribution in [0.5, 0.6) is 17.2 Å². The van der Waals surface area contributed by atoms with Crippen molar-refractivity contribution in [3.8, 4) is 17.2 Å². The Balaban J connectivity index is 1.76. The van der Waals surface area contributed by atoms with Crippen LogP contribution in [-0.4, -0.2) is 26.2 Å². The minimum absolute atomic E-state index is 0.0556. The summed E-state index contributed by atoms with van der Waals surface area (Å²) in [6.07, 6.45) is 1.62. The lowest BCUT2D eigenvalue weighted by Crippen LogP contribution is -2.29. The van der Waals surface area contributed by atoms with E-state index in [2.05, 4.69) is 6.58 Å². The Morgan fingerprint density at radius 3 is 2.65 bits per heavy atom. The molecule has 3 aromatic carbocycles. The molecule has 1 aromatic heterocycles. The molecule has 0 radical (unpaired) electrons. The molecule has 5 rings (SSSR count). The first kappa shape index (κ1) is 24.1. The van der Waals surface area contributed by atoms with Gasteiger partial charge in [-0.1, -0.05) is 24.8 Å². The predicted molar refractivity (Wildman–Crippen MR) is 137 cm³/mol. The van der Waals surface area contributed by atoms with Crippen LogP contribution in [0.25, 0.3) is 11.0 Å². The molecule has 0 bridgehead atoms. The maximum Gasteiger partial charge on any atom is 0.295 e. The van der Waals surface area contributed by atoms with Crippen LogP contribution in [0, 0.1) is 5.82 Å². The number of fused-ring (bicyclic) bond motifs is 2. The third kappa shape index (κ3) is 4.20. The summed E-state index contributed by atoms with van der Waals surface area (Å²) in [5, 5.41) is 0.0556. The second-order valence-electron chi connectivity index (χ2n) is 8.33. The van der Waals surface area contributed by atoms with E-state index >= 15 is 0 Å². The van der Waals surface area contributed by atoms with Gasteiger partial charge in [0.25, 0.3) is 5.91 Å². The zero-order valence-electron chi connectivity index (χ0n) is 20.3. The molecule has 0 saturated heterocycles. The topological polar surface area (TPSA) is 78.2 Å². The normalized spacial score (nSPS) is 14.5. The van der Waals surface area contributed by atoms with Crippen LogP contribution in [0.2, 0.25) is 0 Å². The summed E-state index contributed by atoms with van der Waals surface area (Å²) in [7, 11) is 1.53. The Labute approximate surface area is 212 Å². The predicted octanol–water partition coefficient (Wildman–Crippen LogP) is 5.65. The SMILES string of the molecule is C=CCOc1ccc(C2c3c(oc4ccc(F)cc4c3=O)C(=O)N2c2cccc(OC)c2)cc1OCC. The summed E-state index contributed by atoms with van der Waals surface area (Å²) in [6, 6.07) is 14.9. The van der Waals surface area contributed by atoms with Crippen LogP contribution in [0.1, 0.15) is 34.6 Å². The monoisotopic (exact) mass is 501 g/mol. The van der Waals surface area contributed by atoms with Crippen molar-refractivity contribution in [2.24, 2.45) is 0 Å². The Morgan fingerprint density at radius 2 is 1.89 bits per heavy atom. The largest absolute Gasteiger partial charge is 0.497 e. The number of benzene rings is 3. The van der Waals surface area contributed by atoms with Gasteiger partial charge in [-0.15, -0.1) is 0 Å². The molecule has 2 heterocycles. The van der Waals surface area contributed by atoms with Crippen LogP contribution in [0.3, 0.4) is 0 Å². The number of nitrogens with zero attached hydrogens (tertiary/aromatic N) is 1. The molecule has 0 saturated carbocycles. The summed E-state index contributed by atoms with van der Waals surface area (Å²) in [5.74, 6) is 0.311. The highest BCUT2D eigenvalue weighted by atomic mass is 19.1. The molecule has 1 aliphatic heterocycles. The second kappa shape index (κ2) is 9.81. The second-order valence-corrected chi connectivity index (χ2v) is 8.33. The van der Waals surface area contributed by atoms with Crippen LogP contribution in [0.4, 0.5) is 10.1 Å². The fraction of sp³-hybridized carbons (Fsp3) is 0.172. The van der Waals surface area contributed by atoms with Crippen molar-refractivity contribution >= 4 is 22.6 Å². The molecule has 37 heavy (non-hydrogen) atoms. The minimum Gasteiger partial charge on any atom is -0.497 e. The van der Waals surface area contributed by atoms with Crippen LogP contribution in [0.15, 0.2) is 82.5 Å². The van der Waals surface area contributed by atoms with E-state index in [-0.39, 0.29) is 28.9 Å². The highest BCUT2D eigenvalue weighted by Gasteiger charge is 2.44. The van der Waals surface area contributed by atoms with E-state index in [9.17, 15) is 14.0 Å². The number of hydrogen-bond donors (Lipinski definition) is 0. The molecular weight excluding hydrogens is 477 g/mol. The lowest BCUT2D eigenvalue weighted by atomic mass is 9.97. The van der Waals surface area contributed by atoms with Crippen molar-refractivity contribution < 1.29 is 27.8 Å². The number of rotatable bonds is 8. The number of carbonyl (C=O) groups excluding carboxylic acids is 1. The molecule has 188 valence electrons. The van der Waals surface area contributed by atoms with Crippen molar-refractivity contribution in [1.82, 2.24) is 0 Å². The van der Waals surface area contributed by atoms with E-state index in [1.54, 1.807) is 48.5 Å². The van der Waals surface area contributed by atoms with E-state index in [4.69, 9.17) is 18.6 Å². The number of hydrogen-bond acceptors (Lipinski definition) is 6. The fourth-order valence-electron chi connectivity index (χ4n) is 4.52. The number of amides is 1. The Hall–Kier alpha value is -4.59. The average molecular weight is 502 g/mol. The number of methoxy groups -OCH3 is 1. The molecule has 0 spiro atoms. The third-order valence-electron chi connectivity index (χ3n) is 6.10. The van der Waals surface area contributed by atoms with Crippen molar-refractivity contribution in [2.75, 3.05) is 25.2 Å². The molecule has 8 heteroatoms. The quantitative estimate of drug-likeness (QED) is 0.290. The van der Waals surface area contributed by atoms with Gasteiger partial charge in [0.05, 0.1) is 30.7 Å². The summed E-state index contributed by atoms with van der Waals surface area (Å²) in [4.78, 5) is 29.0. The maximum absolute atomic E-state index is 14.1. The third-order valence-corrected chi connectivity index (χ3v) is 6.10. The van der Waals surface area contributed by atoms with E-state index in [0.29, 0.717) is 35.1 Å². The van der Waals surface area contributed by atoms with Gasteiger partial charge in [0, 0.05) is 11.8 Å². The highest BCUT2D eigenvalue weighted by Crippen LogP contribution is 2.44. The van der Waals surface area contributed by atoms with E-state index < -0.39 is 23.2 Å².